The van der Waals surface area contributed by atoms with Crippen molar-refractivity contribution in [1.29, 1.82) is 5.26 Å². The SMILES string of the molecule is Cc1cc(C)c2c(c1)N(C)C(C)C(C#N)S2(=O)=O. The molecule has 18 heavy (non-hydrogen) atoms. The van der Waals surface area contributed by atoms with Gasteiger partial charge < -0.3 is 4.90 Å². The summed E-state index contributed by atoms with van der Waals surface area (Å²) in [6, 6.07) is 5.30. The van der Waals surface area contributed by atoms with Crippen LogP contribution >= 0.6 is 0 Å². The van der Waals surface area contributed by atoms with Crippen LogP contribution in [0.1, 0.15) is 18.1 Å². The molecule has 0 saturated heterocycles. The number of rotatable bonds is 0. The molecule has 2 atom stereocenters. The fourth-order valence-corrected chi connectivity index (χ4v) is 4.65. The molecule has 0 radical (unpaired) electrons. The van der Waals surface area contributed by atoms with Gasteiger partial charge in [0.2, 0.25) is 0 Å². The van der Waals surface area contributed by atoms with Gasteiger partial charge in [0, 0.05) is 7.05 Å². The van der Waals surface area contributed by atoms with Crippen LogP contribution in [0.4, 0.5) is 5.69 Å². The van der Waals surface area contributed by atoms with E-state index in [1.165, 1.54) is 0 Å². The Bertz CT molecular complexity index is 644. The number of fused-ring (bicyclic) bond motifs is 1. The topological polar surface area (TPSA) is 61.2 Å². The summed E-state index contributed by atoms with van der Waals surface area (Å²) in [5, 5.41) is 8.13. The van der Waals surface area contributed by atoms with Gasteiger partial charge in [0.15, 0.2) is 15.1 Å². The number of nitriles is 1. The lowest BCUT2D eigenvalue weighted by Gasteiger charge is -2.37. The van der Waals surface area contributed by atoms with Crippen molar-refractivity contribution < 1.29 is 8.42 Å². The highest BCUT2D eigenvalue weighted by molar-refractivity contribution is 7.92. The van der Waals surface area contributed by atoms with Gasteiger partial charge in [-0.1, -0.05) is 6.07 Å². The summed E-state index contributed by atoms with van der Waals surface area (Å²) >= 11 is 0. The average molecular weight is 264 g/mol. The summed E-state index contributed by atoms with van der Waals surface area (Å²) in [6.07, 6.45) is 0. The maximum absolute atomic E-state index is 12.5. The molecule has 0 bridgehead atoms. The number of sulfone groups is 1. The van der Waals surface area contributed by atoms with Crippen molar-refractivity contribution in [2.24, 2.45) is 0 Å². The van der Waals surface area contributed by atoms with E-state index in [4.69, 9.17) is 5.26 Å². The molecule has 1 aliphatic rings. The lowest BCUT2D eigenvalue weighted by atomic mass is 10.1. The zero-order valence-electron chi connectivity index (χ0n) is 10.9. The Morgan fingerprint density at radius 2 is 1.94 bits per heavy atom. The van der Waals surface area contributed by atoms with Crippen LogP contribution in [0.25, 0.3) is 0 Å². The zero-order valence-corrected chi connectivity index (χ0v) is 11.7. The molecule has 0 N–H and O–H groups in total. The smallest absolute Gasteiger partial charge is 0.198 e. The van der Waals surface area contributed by atoms with E-state index in [2.05, 4.69) is 0 Å². The van der Waals surface area contributed by atoms with Crippen molar-refractivity contribution in [2.75, 3.05) is 11.9 Å². The van der Waals surface area contributed by atoms with Gasteiger partial charge in [-0.05, 0) is 38.0 Å². The summed E-state index contributed by atoms with van der Waals surface area (Å²) in [4.78, 5) is 2.19. The van der Waals surface area contributed by atoms with Crippen molar-refractivity contribution in [3.63, 3.8) is 0 Å². The number of hydrogen-bond acceptors (Lipinski definition) is 4. The molecule has 2 rings (SSSR count). The molecular formula is C13H16N2O2S. The predicted octanol–water partition coefficient (Wildman–Crippen LogP) is 1.81. The number of hydrogen-bond donors (Lipinski definition) is 0. The molecule has 1 aromatic rings. The first-order chi connectivity index (χ1) is 8.30. The highest BCUT2D eigenvalue weighted by atomic mass is 32.2. The first-order valence-corrected chi connectivity index (χ1v) is 7.33. The monoisotopic (exact) mass is 264 g/mol. The van der Waals surface area contributed by atoms with Crippen LogP contribution in [0.3, 0.4) is 0 Å². The van der Waals surface area contributed by atoms with Crippen LogP contribution in [0.5, 0.6) is 0 Å². The van der Waals surface area contributed by atoms with Gasteiger partial charge in [0.1, 0.15) is 0 Å². The Hall–Kier alpha value is -1.54. The Morgan fingerprint density at radius 1 is 1.33 bits per heavy atom. The lowest BCUT2D eigenvalue weighted by molar-refractivity contribution is 0.562. The maximum atomic E-state index is 12.5. The molecule has 1 heterocycles. The molecule has 0 fully saturated rings. The van der Waals surface area contributed by atoms with Crippen molar-refractivity contribution in [2.45, 2.75) is 37.0 Å². The largest absolute Gasteiger partial charge is 0.368 e. The predicted molar refractivity (Wildman–Crippen MR) is 70.4 cm³/mol. The summed E-state index contributed by atoms with van der Waals surface area (Å²) in [6.45, 7) is 5.49. The minimum Gasteiger partial charge on any atom is -0.368 e. The normalized spacial score (nSPS) is 25.4. The number of anilines is 1. The zero-order chi connectivity index (χ0) is 13.7. The van der Waals surface area contributed by atoms with Crippen LogP contribution in [-0.2, 0) is 9.84 Å². The van der Waals surface area contributed by atoms with Gasteiger partial charge in [0.05, 0.1) is 22.7 Å². The summed E-state index contributed by atoms with van der Waals surface area (Å²) < 4.78 is 24.9. The second-order valence-electron chi connectivity index (χ2n) is 4.88. The standard InChI is InChI=1S/C13H16N2O2S/c1-8-5-9(2)13-11(6-8)15(4)10(3)12(7-14)18(13,16)17/h5-6,10,12H,1-4H3. The quantitative estimate of drug-likeness (QED) is 0.717. The first-order valence-electron chi connectivity index (χ1n) is 5.78. The van der Waals surface area contributed by atoms with Crippen LogP contribution in [0.15, 0.2) is 17.0 Å². The second-order valence-corrected chi connectivity index (χ2v) is 6.88. The number of nitrogens with zero attached hydrogens (tertiary/aromatic N) is 2. The van der Waals surface area contributed by atoms with Crippen molar-refractivity contribution >= 4 is 15.5 Å². The summed E-state index contributed by atoms with van der Waals surface area (Å²) in [5.41, 5.74) is 2.44. The van der Waals surface area contributed by atoms with E-state index in [0.29, 0.717) is 16.1 Å². The minimum atomic E-state index is -3.57. The molecule has 0 amide bonds. The maximum Gasteiger partial charge on any atom is 0.198 e. The summed E-state index contributed by atoms with van der Waals surface area (Å²) in [7, 11) is -1.73. The highest BCUT2D eigenvalue weighted by Crippen LogP contribution is 2.38. The molecule has 4 nitrogen and oxygen atoms in total. The van der Waals surface area contributed by atoms with Crippen LogP contribution in [0.2, 0.25) is 0 Å². The average Bonchev–Trinajstić information content (AvgIpc) is 2.25. The van der Waals surface area contributed by atoms with E-state index in [1.54, 1.807) is 13.8 Å². The third-order valence-electron chi connectivity index (χ3n) is 3.57. The third kappa shape index (κ3) is 1.60. The Kier molecular flexibility index (Phi) is 2.86. The van der Waals surface area contributed by atoms with Gasteiger partial charge in [-0.15, -0.1) is 0 Å². The molecule has 96 valence electrons. The highest BCUT2D eigenvalue weighted by Gasteiger charge is 2.42. The van der Waals surface area contributed by atoms with Gasteiger partial charge in [-0.25, -0.2) is 8.42 Å². The third-order valence-corrected chi connectivity index (χ3v) is 5.84. The van der Waals surface area contributed by atoms with E-state index in [1.807, 2.05) is 37.1 Å². The van der Waals surface area contributed by atoms with Gasteiger partial charge in [0.25, 0.3) is 0 Å². The molecule has 1 aliphatic heterocycles. The van der Waals surface area contributed by atoms with Crippen molar-refractivity contribution in [3.8, 4) is 6.07 Å². The Morgan fingerprint density at radius 3 is 2.50 bits per heavy atom. The minimum absolute atomic E-state index is 0.306. The molecular weight excluding hydrogens is 248 g/mol. The van der Waals surface area contributed by atoms with E-state index < -0.39 is 15.1 Å². The fourth-order valence-electron chi connectivity index (χ4n) is 2.55. The van der Waals surface area contributed by atoms with Crippen molar-refractivity contribution in [1.82, 2.24) is 0 Å². The van der Waals surface area contributed by atoms with Gasteiger partial charge >= 0.3 is 0 Å². The number of benzene rings is 1. The molecule has 0 spiro atoms. The number of aryl methyl sites for hydroxylation is 2. The van der Waals surface area contributed by atoms with Gasteiger partial charge in [-0.3, -0.25) is 0 Å². The second kappa shape index (κ2) is 3.99. The Balaban J connectivity index is 2.84. The van der Waals surface area contributed by atoms with Crippen molar-refractivity contribution in [3.05, 3.63) is 23.3 Å². The molecule has 5 heteroatoms. The lowest BCUT2D eigenvalue weighted by Crippen LogP contribution is -2.47. The Labute approximate surface area is 108 Å². The van der Waals surface area contributed by atoms with E-state index in [9.17, 15) is 8.42 Å². The van der Waals surface area contributed by atoms with E-state index in [-0.39, 0.29) is 6.04 Å². The van der Waals surface area contributed by atoms with E-state index in [0.717, 1.165) is 5.56 Å². The molecule has 2 unspecified atom stereocenters. The molecule has 0 aliphatic carbocycles. The fraction of sp³-hybridized carbons (Fsp3) is 0.462. The van der Waals surface area contributed by atoms with E-state index >= 15 is 0 Å². The van der Waals surface area contributed by atoms with Crippen LogP contribution in [-0.4, -0.2) is 26.8 Å². The van der Waals surface area contributed by atoms with Crippen LogP contribution < -0.4 is 4.90 Å². The van der Waals surface area contributed by atoms with Gasteiger partial charge in [-0.2, -0.15) is 5.26 Å². The van der Waals surface area contributed by atoms with Crippen LogP contribution in [0, 0.1) is 25.2 Å². The molecule has 0 saturated carbocycles. The molecule has 1 aromatic carbocycles. The molecule has 0 aromatic heterocycles. The summed E-state index contributed by atoms with van der Waals surface area (Å²) in [5.74, 6) is 0. The first kappa shape index (κ1) is 12.9.